The van der Waals surface area contributed by atoms with Gasteiger partial charge in [-0.05, 0) is 61.6 Å². The average molecular weight is 202 g/mol. The zero-order valence-electron chi connectivity index (χ0n) is 9.19. The number of pyridine rings is 1. The SMILES string of the molecule is Cc1cc(C2CC3CC2CC3N)ccn1. The molecule has 15 heavy (non-hydrogen) atoms. The zero-order valence-corrected chi connectivity index (χ0v) is 9.19. The molecule has 2 N–H and O–H groups in total. The fourth-order valence-electron chi connectivity index (χ4n) is 3.53. The topological polar surface area (TPSA) is 38.9 Å². The summed E-state index contributed by atoms with van der Waals surface area (Å²) in [5.41, 5.74) is 8.70. The van der Waals surface area contributed by atoms with Gasteiger partial charge in [0.2, 0.25) is 0 Å². The smallest absolute Gasteiger partial charge is 0.0375 e. The Morgan fingerprint density at radius 3 is 2.73 bits per heavy atom. The van der Waals surface area contributed by atoms with Gasteiger partial charge in [0, 0.05) is 17.9 Å². The summed E-state index contributed by atoms with van der Waals surface area (Å²) in [6, 6.07) is 4.91. The number of hydrogen-bond donors (Lipinski definition) is 1. The van der Waals surface area contributed by atoms with Crippen molar-refractivity contribution >= 4 is 0 Å². The molecule has 0 aliphatic heterocycles. The molecular formula is C13H18N2. The number of hydrogen-bond acceptors (Lipinski definition) is 2. The first-order chi connectivity index (χ1) is 7.24. The molecule has 0 radical (unpaired) electrons. The molecule has 3 rings (SSSR count). The van der Waals surface area contributed by atoms with Crippen molar-refractivity contribution in [3.63, 3.8) is 0 Å². The Hall–Kier alpha value is -0.890. The summed E-state index contributed by atoms with van der Waals surface area (Å²) in [5, 5.41) is 0. The average Bonchev–Trinajstić information content (AvgIpc) is 2.76. The van der Waals surface area contributed by atoms with Gasteiger partial charge >= 0.3 is 0 Å². The third-order valence-corrected chi connectivity index (χ3v) is 4.26. The molecular weight excluding hydrogens is 184 g/mol. The van der Waals surface area contributed by atoms with Crippen LogP contribution in [-0.2, 0) is 0 Å². The van der Waals surface area contributed by atoms with E-state index in [9.17, 15) is 0 Å². The van der Waals surface area contributed by atoms with Crippen LogP contribution in [-0.4, -0.2) is 11.0 Å². The molecule has 1 aromatic heterocycles. The van der Waals surface area contributed by atoms with Crippen molar-refractivity contribution in [3.8, 4) is 0 Å². The van der Waals surface area contributed by atoms with Gasteiger partial charge in [0.25, 0.3) is 0 Å². The van der Waals surface area contributed by atoms with Crippen LogP contribution < -0.4 is 5.73 Å². The summed E-state index contributed by atoms with van der Waals surface area (Å²) in [6.45, 7) is 2.07. The van der Waals surface area contributed by atoms with Crippen molar-refractivity contribution in [1.82, 2.24) is 4.98 Å². The molecule has 4 unspecified atom stereocenters. The molecule has 2 bridgehead atoms. The van der Waals surface area contributed by atoms with Crippen molar-refractivity contribution < 1.29 is 0 Å². The molecule has 1 heterocycles. The molecule has 1 aromatic rings. The maximum atomic E-state index is 6.08. The number of nitrogens with two attached hydrogens (primary N) is 1. The summed E-state index contributed by atoms with van der Waals surface area (Å²) in [7, 11) is 0. The van der Waals surface area contributed by atoms with Crippen LogP contribution >= 0.6 is 0 Å². The van der Waals surface area contributed by atoms with Crippen LogP contribution in [0, 0.1) is 18.8 Å². The number of rotatable bonds is 1. The molecule has 2 aliphatic rings. The third kappa shape index (κ3) is 1.48. The standard InChI is InChI=1S/C13H18N2/c1-8-4-9(2-3-15-8)12-6-11-5-10(12)7-13(11)14/h2-4,10-13H,5-7,14H2,1H3. The van der Waals surface area contributed by atoms with Gasteiger partial charge < -0.3 is 5.73 Å². The molecule has 2 aliphatic carbocycles. The Balaban J connectivity index is 1.86. The van der Waals surface area contributed by atoms with Gasteiger partial charge in [0.1, 0.15) is 0 Å². The van der Waals surface area contributed by atoms with E-state index in [2.05, 4.69) is 24.0 Å². The quantitative estimate of drug-likeness (QED) is 0.758. The predicted molar refractivity (Wildman–Crippen MR) is 60.5 cm³/mol. The summed E-state index contributed by atoms with van der Waals surface area (Å²) >= 11 is 0. The van der Waals surface area contributed by atoms with Gasteiger partial charge in [0.05, 0.1) is 0 Å². The number of aryl methyl sites for hydroxylation is 1. The van der Waals surface area contributed by atoms with Gasteiger partial charge in [-0.15, -0.1) is 0 Å². The highest BCUT2D eigenvalue weighted by Crippen LogP contribution is 2.52. The van der Waals surface area contributed by atoms with Crippen LogP contribution in [0.2, 0.25) is 0 Å². The highest BCUT2D eigenvalue weighted by molar-refractivity contribution is 5.24. The minimum absolute atomic E-state index is 0.481. The van der Waals surface area contributed by atoms with Crippen molar-refractivity contribution in [3.05, 3.63) is 29.6 Å². The second-order valence-electron chi connectivity index (χ2n) is 5.23. The lowest BCUT2D eigenvalue weighted by molar-refractivity contribution is 0.375. The van der Waals surface area contributed by atoms with Crippen LogP contribution in [0.15, 0.2) is 18.3 Å². The van der Waals surface area contributed by atoms with E-state index in [0.29, 0.717) is 6.04 Å². The third-order valence-electron chi connectivity index (χ3n) is 4.26. The molecule has 2 nitrogen and oxygen atoms in total. The van der Waals surface area contributed by atoms with E-state index in [1.165, 1.54) is 24.8 Å². The Bertz CT molecular complexity index is 373. The van der Waals surface area contributed by atoms with E-state index in [1.54, 1.807) is 0 Å². The minimum atomic E-state index is 0.481. The summed E-state index contributed by atoms with van der Waals surface area (Å²) in [4.78, 5) is 4.26. The van der Waals surface area contributed by atoms with Crippen LogP contribution in [0.25, 0.3) is 0 Å². The first kappa shape index (κ1) is 9.34. The zero-order chi connectivity index (χ0) is 10.4. The van der Waals surface area contributed by atoms with E-state index >= 15 is 0 Å². The predicted octanol–water partition coefficient (Wildman–Crippen LogP) is 2.23. The van der Waals surface area contributed by atoms with Crippen molar-refractivity contribution in [2.75, 3.05) is 0 Å². The Labute approximate surface area is 90.9 Å². The summed E-state index contributed by atoms with van der Waals surface area (Å²) in [6.07, 6.45) is 5.83. The molecule has 4 atom stereocenters. The highest BCUT2D eigenvalue weighted by atomic mass is 14.7. The maximum Gasteiger partial charge on any atom is 0.0375 e. The Kier molecular flexibility index (Phi) is 2.06. The number of fused-ring (bicyclic) bond motifs is 2. The fourth-order valence-corrected chi connectivity index (χ4v) is 3.53. The fraction of sp³-hybridized carbons (Fsp3) is 0.615. The van der Waals surface area contributed by atoms with Crippen molar-refractivity contribution in [2.45, 2.75) is 38.1 Å². The van der Waals surface area contributed by atoms with Crippen molar-refractivity contribution in [2.24, 2.45) is 17.6 Å². The second-order valence-corrected chi connectivity index (χ2v) is 5.23. The molecule has 0 spiro atoms. The van der Waals surface area contributed by atoms with E-state index in [-0.39, 0.29) is 0 Å². The van der Waals surface area contributed by atoms with E-state index in [4.69, 9.17) is 5.73 Å². The lowest BCUT2D eigenvalue weighted by atomic mass is 9.82. The second kappa shape index (κ2) is 3.31. The largest absolute Gasteiger partial charge is 0.327 e. The molecule has 0 amide bonds. The summed E-state index contributed by atoms with van der Waals surface area (Å²) in [5.74, 6) is 2.39. The van der Waals surface area contributed by atoms with E-state index in [1.807, 2.05) is 6.20 Å². The molecule has 80 valence electrons. The highest BCUT2D eigenvalue weighted by Gasteiger charge is 2.44. The van der Waals surface area contributed by atoms with Gasteiger partial charge in [-0.2, -0.15) is 0 Å². The minimum Gasteiger partial charge on any atom is -0.327 e. The summed E-state index contributed by atoms with van der Waals surface area (Å²) < 4.78 is 0. The Morgan fingerprint density at radius 2 is 2.13 bits per heavy atom. The van der Waals surface area contributed by atoms with Crippen LogP contribution in [0.4, 0.5) is 0 Å². The monoisotopic (exact) mass is 202 g/mol. The Morgan fingerprint density at radius 1 is 1.27 bits per heavy atom. The van der Waals surface area contributed by atoms with Gasteiger partial charge in [-0.3, -0.25) is 4.98 Å². The van der Waals surface area contributed by atoms with Gasteiger partial charge in [-0.1, -0.05) is 0 Å². The van der Waals surface area contributed by atoms with E-state index in [0.717, 1.165) is 23.4 Å². The molecule has 0 saturated heterocycles. The van der Waals surface area contributed by atoms with Crippen LogP contribution in [0.1, 0.15) is 36.4 Å². The van der Waals surface area contributed by atoms with Crippen LogP contribution in [0.5, 0.6) is 0 Å². The van der Waals surface area contributed by atoms with Gasteiger partial charge in [-0.25, -0.2) is 0 Å². The molecule has 0 aromatic carbocycles. The molecule has 2 saturated carbocycles. The molecule has 2 heteroatoms. The lowest BCUT2D eigenvalue weighted by Crippen LogP contribution is -2.29. The normalized spacial score (nSPS) is 38.5. The number of nitrogens with zero attached hydrogens (tertiary/aromatic N) is 1. The van der Waals surface area contributed by atoms with Gasteiger partial charge in [0.15, 0.2) is 0 Å². The van der Waals surface area contributed by atoms with Crippen LogP contribution in [0.3, 0.4) is 0 Å². The van der Waals surface area contributed by atoms with E-state index < -0.39 is 0 Å². The first-order valence-electron chi connectivity index (χ1n) is 5.92. The first-order valence-corrected chi connectivity index (χ1v) is 5.92. The molecule has 2 fully saturated rings. The lowest BCUT2D eigenvalue weighted by Gasteiger charge is -2.25. The maximum absolute atomic E-state index is 6.08. The van der Waals surface area contributed by atoms with Crippen molar-refractivity contribution in [1.29, 1.82) is 0 Å². The number of aromatic nitrogens is 1.